The Bertz CT molecular complexity index is 789. The van der Waals surface area contributed by atoms with Crippen LogP contribution in [0.2, 0.25) is 5.02 Å². The summed E-state index contributed by atoms with van der Waals surface area (Å²) in [6, 6.07) is 17.9. The Labute approximate surface area is 142 Å². The van der Waals surface area contributed by atoms with E-state index in [1.54, 1.807) is 0 Å². The second-order valence-corrected chi connectivity index (χ2v) is 6.57. The van der Waals surface area contributed by atoms with Crippen LogP contribution < -0.4 is 0 Å². The summed E-state index contributed by atoms with van der Waals surface area (Å²) in [6.45, 7) is 0. The number of alkyl halides is 1. The van der Waals surface area contributed by atoms with Gasteiger partial charge in [0.15, 0.2) is 0 Å². The maximum Gasteiger partial charge on any atom is 0.0705 e. The van der Waals surface area contributed by atoms with Gasteiger partial charge >= 0.3 is 0 Å². The van der Waals surface area contributed by atoms with E-state index in [9.17, 15) is 0 Å². The van der Waals surface area contributed by atoms with Crippen LogP contribution in [-0.4, -0.2) is 4.98 Å². The lowest BCUT2D eigenvalue weighted by Crippen LogP contribution is -1.99. The first kappa shape index (κ1) is 14.8. The Morgan fingerprint density at radius 2 is 1.81 bits per heavy atom. The zero-order valence-electron chi connectivity index (χ0n) is 11.1. The van der Waals surface area contributed by atoms with E-state index in [0.717, 1.165) is 26.6 Å². The van der Waals surface area contributed by atoms with Crippen molar-refractivity contribution < 1.29 is 0 Å². The monoisotopic (exact) mass is 379 g/mol. The third-order valence-corrected chi connectivity index (χ3v) is 5.06. The van der Waals surface area contributed by atoms with Crippen LogP contribution in [0.5, 0.6) is 0 Å². The van der Waals surface area contributed by atoms with Crippen LogP contribution >= 0.6 is 39.1 Å². The lowest BCUT2D eigenvalue weighted by atomic mass is 10.1. The van der Waals surface area contributed by atoms with E-state index in [0.29, 0.717) is 11.4 Å². The maximum atomic E-state index is 6.52. The van der Waals surface area contributed by atoms with Crippen LogP contribution in [0.4, 0.5) is 0 Å². The van der Waals surface area contributed by atoms with Gasteiger partial charge in [0.1, 0.15) is 0 Å². The first-order valence-electron chi connectivity index (χ1n) is 6.58. The lowest BCUT2D eigenvalue weighted by Gasteiger charge is -2.12. The first-order chi connectivity index (χ1) is 10.1. The van der Waals surface area contributed by atoms with E-state index in [1.165, 1.54) is 0 Å². The van der Waals surface area contributed by atoms with E-state index < -0.39 is 0 Å². The number of hydrogen-bond donors (Lipinski definition) is 0. The van der Waals surface area contributed by atoms with Gasteiger partial charge in [0.05, 0.1) is 15.9 Å². The van der Waals surface area contributed by atoms with Crippen LogP contribution in [0.25, 0.3) is 10.9 Å². The van der Waals surface area contributed by atoms with E-state index in [4.69, 9.17) is 23.2 Å². The highest BCUT2D eigenvalue weighted by atomic mass is 79.9. The fraction of sp³-hybridized carbons (Fsp3) is 0.118. The van der Waals surface area contributed by atoms with E-state index >= 15 is 0 Å². The molecule has 0 N–H and O–H groups in total. The van der Waals surface area contributed by atoms with Crippen LogP contribution in [0.1, 0.15) is 16.6 Å². The van der Waals surface area contributed by atoms with Gasteiger partial charge in [0.25, 0.3) is 0 Å². The van der Waals surface area contributed by atoms with E-state index in [-0.39, 0.29) is 5.38 Å². The zero-order valence-corrected chi connectivity index (χ0v) is 14.2. The Balaban J connectivity index is 1.89. The van der Waals surface area contributed by atoms with Crippen LogP contribution in [0.15, 0.2) is 59.1 Å². The molecule has 0 saturated heterocycles. The van der Waals surface area contributed by atoms with Crippen molar-refractivity contribution in [3.05, 3.63) is 75.4 Å². The molecule has 1 atom stereocenters. The van der Waals surface area contributed by atoms with Crippen LogP contribution in [0, 0.1) is 0 Å². The Morgan fingerprint density at radius 3 is 2.67 bits per heavy atom. The zero-order chi connectivity index (χ0) is 14.8. The average Bonchev–Trinajstić information content (AvgIpc) is 2.50. The molecule has 0 amide bonds. The van der Waals surface area contributed by atoms with E-state index in [2.05, 4.69) is 33.0 Å². The molecule has 0 aliphatic rings. The highest BCUT2D eigenvalue weighted by molar-refractivity contribution is 9.10. The van der Waals surface area contributed by atoms with Gasteiger partial charge in [-0.25, -0.2) is 0 Å². The third kappa shape index (κ3) is 3.23. The minimum absolute atomic E-state index is 0.205. The number of para-hydroxylation sites is 1. The van der Waals surface area contributed by atoms with Crippen molar-refractivity contribution in [1.29, 1.82) is 0 Å². The molecule has 0 radical (unpaired) electrons. The van der Waals surface area contributed by atoms with Gasteiger partial charge in [-0.2, -0.15) is 0 Å². The van der Waals surface area contributed by atoms with Crippen molar-refractivity contribution in [3.63, 3.8) is 0 Å². The second-order valence-electron chi connectivity index (χ2n) is 4.81. The normalized spacial score (nSPS) is 12.5. The van der Waals surface area contributed by atoms with Gasteiger partial charge in [-0.1, -0.05) is 48.0 Å². The molecule has 3 rings (SSSR count). The summed E-state index contributed by atoms with van der Waals surface area (Å²) in [6.07, 6.45) is 0.641. The summed E-state index contributed by atoms with van der Waals surface area (Å²) in [5.41, 5.74) is 2.87. The Hall–Kier alpha value is -1.09. The lowest BCUT2D eigenvalue weighted by molar-refractivity contribution is 0.887. The van der Waals surface area contributed by atoms with Crippen molar-refractivity contribution in [3.8, 4) is 0 Å². The molecule has 0 bridgehead atoms. The van der Waals surface area contributed by atoms with Crippen molar-refractivity contribution in [1.82, 2.24) is 4.98 Å². The number of pyridine rings is 1. The number of halogens is 3. The molecular weight excluding hydrogens is 369 g/mol. The summed E-state index contributed by atoms with van der Waals surface area (Å²) < 4.78 is 0.860. The summed E-state index contributed by atoms with van der Waals surface area (Å²) >= 11 is 16.2. The highest BCUT2D eigenvalue weighted by Gasteiger charge is 2.15. The minimum Gasteiger partial charge on any atom is -0.253 e. The van der Waals surface area contributed by atoms with Gasteiger partial charge in [-0.15, -0.1) is 11.6 Å². The Kier molecular flexibility index (Phi) is 4.48. The number of benzene rings is 2. The van der Waals surface area contributed by atoms with Crippen LogP contribution in [-0.2, 0) is 6.42 Å². The van der Waals surface area contributed by atoms with Crippen molar-refractivity contribution in [2.45, 2.75) is 11.8 Å². The second kappa shape index (κ2) is 6.35. The molecule has 2 aromatic carbocycles. The maximum absolute atomic E-state index is 6.52. The molecule has 3 aromatic rings. The molecule has 1 heterocycles. The summed E-state index contributed by atoms with van der Waals surface area (Å²) in [4.78, 5) is 4.65. The standard InChI is InChI=1S/C17H12BrCl2N/c18-14-6-3-5-13(17(14)20)15(19)10-12-9-8-11-4-1-2-7-16(11)21-12/h1-9,15H,10H2. The smallest absolute Gasteiger partial charge is 0.0705 e. The molecule has 0 aliphatic heterocycles. The van der Waals surface area contributed by atoms with E-state index in [1.807, 2.05) is 42.5 Å². The van der Waals surface area contributed by atoms with Crippen molar-refractivity contribution in [2.75, 3.05) is 0 Å². The van der Waals surface area contributed by atoms with Gasteiger partial charge in [0, 0.05) is 22.0 Å². The largest absolute Gasteiger partial charge is 0.253 e. The quantitative estimate of drug-likeness (QED) is 0.495. The number of aromatic nitrogens is 1. The number of hydrogen-bond acceptors (Lipinski definition) is 1. The fourth-order valence-corrected chi connectivity index (χ4v) is 3.31. The molecule has 21 heavy (non-hydrogen) atoms. The molecule has 0 saturated carbocycles. The fourth-order valence-electron chi connectivity index (χ4n) is 2.28. The average molecular weight is 381 g/mol. The molecule has 4 heteroatoms. The van der Waals surface area contributed by atoms with Gasteiger partial charge in [-0.3, -0.25) is 4.98 Å². The highest BCUT2D eigenvalue weighted by Crippen LogP contribution is 2.35. The Morgan fingerprint density at radius 1 is 1.00 bits per heavy atom. The van der Waals surface area contributed by atoms with Crippen LogP contribution in [0.3, 0.4) is 0 Å². The topological polar surface area (TPSA) is 12.9 Å². The van der Waals surface area contributed by atoms with Gasteiger partial charge in [0.2, 0.25) is 0 Å². The van der Waals surface area contributed by atoms with Crippen molar-refractivity contribution >= 4 is 50.0 Å². The first-order valence-corrected chi connectivity index (χ1v) is 8.18. The molecule has 1 unspecified atom stereocenters. The minimum atomic E-state index is -0.205. The molecule has 0 fully saturated rings. The molecule has 0 spiro atoms. The molecule has 106 valence electrons. The summed E-state index contributed by atoms with van der Waals surface area (Å²) in [5, 5.41) is 1.59. The van der Waals surface area contributed by atoms with Crippen molar-refractivity contribution in [2.24, 2.45) is 0 Å². The SMILES string of the molecule is Clc1c(Br)cccc1C(Cl)Cc1ccc2ccccc2n1. The number of fused-ring (bicyclic) bond motifs is 1. The third-order valence-electron chi connectivity index (χ3n) is 3.36. The summed E-state index contributed by atoms with van der Waals surface area (Å²) in [5.74, 6) is 0. The number of nitrogens with zero attached hydrogens (tertiary/aromatic N) is 1. The molecular formula is C17H12BrCl2N. The van der Waals surface area contributed by atoms with Gasteiger partial charge < -0.3 is 0 Å². The predicted molar refractivity (Wildman–Crippen MR) is 93.2 cm³/mol. The summed E-state index contributed by atoms with van der Waals surface area (Å²) in [7, 11) is 0. The number of rotatable bonds is 3. The molecule has 1 aromatic heterocycles. The van der Waals surface area contributed by atoms with Gasteiger partial charge in [-0.05, 0) is 39.7 Å². The molecule has 1 nitrogen and oxygen atoms in total. The molecule has 0 aliphatic carbocycles. The predicted octanol–water partition coefficient (Wildman–Crippen LogP) is 6.17.